The normalized spacial score (nSPS) is 14.1. The minimum Gasteiger partial charge on any atom is -0.352 e. The summed E-state index contributed by atoms with van der Waals surface area (Å²) in [7, 11) is -4.21. The molecule has 4 aromatic rings. The van der Waals surface area contributed by atoms with Gasteiger partial charge in [-0.3, -0.25) is 13.9 Å². The second-order valence-corrected chi connectivity index (χ2v) is 14.3. The Hall–Kier alpha value is -3.85. The van der Waals surface area contributed by atoms with Crippen LogP contribution in [-0.4, -0.2) is 43.8 Å². The van der Waals surface area contributed by atoms with Crippen LogP contribution in [0.4, 0.5) is 5.69 Å². The molecule has 0 radical (unpaired) electrons. The van der Waals surface area contributed by atoms with Crippen molar-refractivity contribution in [3.63, 3.8) is 0 Å². The van der Waals surface area contributed by atoms with Gasteiger partial charge in [0.2, 0.25) is 11.8 Å². The fourth-order valence-corrected chi connectivity index (χ4v) is 7.42. The molecule has 5 rings (SSSR count). The van der Waals surface area contributed by atoms with Gasteiger partial charge in [0, 0.05) is 29.1 Å². The summed E-state index contributed by atoms with van der Waals surface area (Å²) in [5.41, 5.74) is 2.64. The first-order chi connectivity index (χ1) is 22.1. The van der Waals surface area contributed by atoms with E-state index in [2.05, 4.69) is 5.32 Å². The average Bonchev–Trinajstić information content (AvgIpc) is 3.57. The highest BCUT2D eigenvalue weighted by Crippen LogP contribution is 2.29. The molecule has 7 nitrogen and oxygen atoms in total. The van der Waals surface area contributed by atoms with Gasteiger partial charge < -0.3 is 10.2 Å². The van der Waals surface area contributed by atoms with Gasteiger partial charge in [-0.2, -0.15) is 0 Å². The number of hydrogen-bond donors (Lipinski definition) is 1. The molecular formula is C36H37Cl2N3O4S. The second-order valence-electron chi connectivity index (χ2n) is 11.6. The largest absolute Gasteiger partial charge is 0.352 e. The molecule has 0 bridgehead atoms. The maximum atomic E-state index is 14.6. The summed E-state index contributed by atoms with van der Waals surface area (Å²) in [6.45, 7) is 1.34. The SMILES string of the molecule is Cc1ccc(N(CC(=O)N(Cc2ccc(Cl)cc2)C(Cc2ccccc2)C(=O)NC2CCCC2)S(=O)(=O)c2ccccc2)cc1Cl. The Morgan fingerprint density at radius 1 is 0.848 bits per heavy atom. The van der Waals surface area contributed by atoms with Crippen molar-refractivity contribution in [1.82, 2.24) is 10.2 Å². The van der Waals surface area contributed by atoms with E-state index in [1.807, 2.05) is 37.3 Å². The molecule has 0 saturated heterocycles. The van der Waals surface area contributed by atoms with Gasteiger partial charge in [-0.1, -0.05) is 103 Å². The van der Waals surface area contributed by atoms with Crippen molar-refractivity contribution >= 4 is 50.7 Å². The van der Waals surface area contributed by atoms with Gasteiger partial charge in [-0.15, -0.1) is 0 Å². The summed E-state index contributed by atoms with van der Waals surface area (Å²) < 4.78 is 29.3. The Labute approximate surface area is 281 Å². The van der Waals surface area contributed by atoms with Gasteiger partial charge in [0.1, 0.15) is 12.6 Å². The van der Waals surface area contributed by atoms with Gasteiger partial charge in [0.15, 0.2) is 0 Å². The summed E-state index contributed by atoms with van der Waals surface area (Å²) in [5, 5.41) is 4.09. The molecule has 0 aliphatic heterocycles. The van der Waals surface area contributed by atoms with E-state index in [4.69, 9.17) is 23.2 Å². The summed E-state index contributed by atoms with van der Waals surface area (Å²) in [4.78, 5) is 30.2. The monoisotopic (exact) mass is 677 g/mol. The van der Waals surface area contributed by atoms with E-state index in [1.54, 1.807) is 60.7 Å². The van der Waals surface area contributed by atoms with Gasteiger partial charge in [0.05, 0.1) is 10.6 Å². The molecule has 1 fully saturated rings. The zero-order valence-electron chi connectivity index (χ0n) is 25.6. The molecule has 0 spiro atoms. The standard InChI is InChI=1S/C36H37Cl2N3O4S/c1-26-16-21-31(23-33(26)38)41(46(44,45)32-14-6-3-7-15-32)25-35(42)40(24-28-17-19-29(37)20-18-28)34(22-27-10-4-2-5-11-27)36(43)39-30-12-8-9-13-30/h2-7,10-11,14-21,23,30,34H,8-9,12-13,22,24-25H2,1H3,(H,39,43). The molecule has 4 aromatic carbocycles. The van der Waals surface area contributed by atoms with Crippen LogP contribution >= 0.6 is 23.2 Å². The number of hydrogen-bond acceptors (Lipinski definition) is 4. The van der Waals surface area contributed by atoms with Crippen molar-refractivity contribution < 1.29 is 18.0 Å². The molecule has 1 unspecified atom stereocenters. The number of nitrogens with one attached hydrogen (secondary N) is 1. The Morgan fingerprint density at radius 2 is 1.48 bits per heavy atom. The van der Waals surface area contributed by atoms with E-state index in [0.717, 1.165) is 46.7 Å². The topological polar surface area (TPSA) is 86.8 Å². The number of rotatable bonds is 12. The molecule has 1 N–H and O–H groups in total. The van der Waals surface area contributed by atoms with Crippen molar-refractivity contribution in [2.24, 2.45) is 0 Å². The van der Waals surface area contributed by atoms with Crippen molar-refractivity contribution in [1.29, 1.82) is 0 Å². The Morgan fingerprint density at radius 3 is 2.11 bits per heavy atom. The molecule has 1 aliphatic rings. The first-order valence-corrected chi connectivity index (χ1v) is 17.5. The number of carbonyl (C=O) groups excluding carboxylic acids is 2. The van der Waals surface area contributed by atoms with E-state index < -0.39 is 28.5 Å². The zero-order chi connectivity index (χ0) is 32.7. The Kier molecular flexibility index (Phi) is 11.0. The lowest BCUT2D eigenvalue weighted by atomic mass is 10.0. The zero-order valence-corrected chi connectivity index (χ0v) is 27.9. The molecule has 2 amide bonds. The molecule has 1 atom stereocenters. The van der Waals surface area contributed by atoms with Crippen LogP contribution in [0, 0.1) is 6.92 Å². The lowest BCUT2D eigenvalue weighted by molar-refractivity contribution is -0.140. The third-order valence-corrected chi connectivity index (χ3v) is 10.7. The summed E-state index contributed by atoms with van der Waals surface area (Å²) in [6, 6.07) is 28.5. The molecule has 0 heterocycles. The predicted molar refractivity (Wildman–Crippen MR) is 183 cm³/mol. The average molecular weight is 679 g/mol. The molecule has 46 heavy (non-hydrogen) atoms. The summed E-state index contributed by atoms with van der Waals surface area (Å²) in [6.07, 6.45) is 4.08. The lowest BCUT2D eigenvalue weighted by Gasteiger charge is -2.34. The van der Waals surface area contributed by atoms with Gasteiger partial charge in [0.25, 0.3) is 10.0 Å². The molecule has 240 valence electrons. The Bertz CT molecular complexity index is 1750. The molecular weight excluding hydrogens is 641 g/mol. The van der Waals surface area contributed by atoms with Crippen molar-refractivity contribution in [2.75, 3.05) is 10.8 Å². The highest BCUT2D eigenvalue weighted by Gasteiger charge is 2.35. The number of benzene rings is 4. The Balaban J connectivity index is 1.57. The van der Waals surface area contributed by atoms with Crippen LogP contribution in [0.1, 0.15) is 42.4 Å². The lowest BCUT2D eigenvalue weighted by Crippen LogP contribution is -2.54. The van der Waals surface area contributed by atoms with Gasteiger partial charge >= 0.3 is 0 Å². The van der Waals surface area contributed by atoms with Crippen LogP contribution in [0.5, 0.6) is 0 Å². The number of aryl methyl sites for hydroxylation is 1. The van der Waals surface area contributed by atoms with Gasteiger partial charge in [-0.05, 0) is 72.9 Å². The van der Waals surface area contributed by atoms with Crippen LogP contribution < -0.4 is 9.62 Å². The van der Waals surface area contributed by atoms with E-state index in [-0.39, 0.29) is 35.5 Å². The van der Waals surface area contributed by atoms with E-state index in [0.29, 0.717) is 10.0 Å². The van der Waals surface area contributed by atoms with Crippen LogP contribution in [-0.2, 0) is 32.6 Å². The molecule has 1 saturated carbocycles. The number of sulfonamides is 1. The number of carbonyl (C=O) groups is 2. The molecule has 10 heteroatoms. The minimum absolute atomic E-state index is 0.0305. The van der Waals surface area contributed by atoms with E-state index in [1.165, 1.54) is 17.0 Å². The van der Waals surface area contributed by atoms with E-state index in [9.17, 15) is 18.0 Å². The quantitative estimate of drug-likeness (QED) is 0.172. The fourth-order valence-electron chi connectivity index (χ4n) is 5.69. The third-order valence-electron chi connectivity index (χ3n) is 8.29. The van der Waals surface area contributed by atoms with Crippen molar-refractivity contribution in [3.05, 3.63) is 130 Å². The van der Waals surface area contributed by atoms with Crippen LogP contribution in [0.3, 0.4) is 0 Å². The first-order valence-electron chi connectivity index (χ1n) is 15.3. The first kappa shape index (κ1) is 33.5. The fraction of sp³-hybridized carbons (Fsp3) is 0.278. The van der Waals surface area contributed by atoms with Crippen molar-refractivity contribution in [2.45, 2.75) is 62.6 Å². The highest BCUT2D eigenvalue weighted by atomic mass is 35.5. The second kappa shape index (κ2) is 15.2. The number of nitrogens with zero attached hydrogens (tertiary/aromatic N) is 2. The maximum absolute atomic E-state index is 14.6. The third kappa shape index (κ3) is 8.29. The van der Waals surface area contributed by atoms with Crippen molar-refractivity contribution in [3.8, 4) is 0 Å². The maximum Gasteiger partial charge on any atom is 0.264 e. The number of amides is 2. The number of halogens is 2. The molecule has 0 aromatic heterocycles. The minimum atomic E-state index is -4.21. The van der Waals surface area contributed by atoms with Crippen LogP contribution in [0.15, 0.2) is 108 Å². The molecule has 1 aliphatic carbocycles. The van der Waals surface area contributed by atoms with Crippen LogP contribution in [0.25, 0.3) is 0 Å². The van der Waals surface area contributed by atoms with E-state index >= 15 is 0 Å². The highest BCUT2D eigenvalue weighted by molar-refractivity contribution is 7.92. The predicted octanol–water partition coefficient (Wildman–Crippen LogP) is 7.20. The summed E-state index contributed by atoms with van der Waals surface area (Å²) in [5.74, 6) is -0.803. The van der Waals surface area contributed by atoms with Gasteiger partial charge in [-0.25, -0.2) is 8.42 Å². The summed E-state index contributed by atoms with van der Waals surface area (Å²) >= 11 is 12.6. The smallest absolute Gasteiger partial charge is 0.264 e. The number of anilines is 1. The van der Waals surface area contributed by atoms with Crippen LogP contribution in [0.2, 0.25) is 10.0 Å².